The number of halogens is 3. The molecule has 0 aliphatic carbocycles. The molecule has 0 aromatic heterocycles. The third kappa shape index (κ3) is 6.99. The molecule has 1 atom stereocenters. The Balaban J connectivity index is 1.56. The summed E-state index contributed by atoms with van der Waals surface area (Å²) in [5.74, 6) is 0.780. The van der Waals surface area contributed by atoms with E-state index in [2.05, 4.69) is 16.3 Å². The predicted molar refractivity (Wildman–Crippen MR) is 117 cm³/mol. The number of morpholine rings is 1. The lowest BCUT2D eigenvalue weighted by molar-refractivity contribution is -0.137. The van der Waals surface area contributed by atoms with Crippen LogP contribution in [0.2, 0.25) is 0 Å². The number of hydrogen-bond donors (Lipinski definition) is 1. The van der Waals surface area contributed by atoms with E-state index in [0.29, 0.717) is 44.2 Å². The molecule has 9 heteroatoms. The zero-order valence-electron chi connectivity index (χ0n) is 17.4. The number of nitrogens with zero attached hydrogens (tertiary/aromatic N) is 2. The number of rotatable bonds is 8. The largest absolute Gasteiger partial charge is 0.416 e. The molecule has 1 amide bonds. The molecule has 0 spiro atoms. The van der Waals surface area contributed by atoms with Gasteiger partial charge in [-0.25, -0.2) is 0 Å². The minimum absolute atomic E-state index is 0.131. The van der Waals surface area contributed by atoms with Crippen LogP contribution in [0.3, 0.4) is 0 Å². The fourth-order valence-electron chi connectivity index (χ4n) is 3.44. The summed E-state index contributed by atoms with van der Waals surface area (Å²) in [7, 11) is 0. The molecule has 1 aliphatic heterocycles. The van der Waals surface area contributed by atoms with Gasteiger partial charge in [-0.3, -0.25) is 9.69 Å². The van der Waals surface area contributed by atoms with Crippen molar-refractivity contribution in [3.05, 3.63) is 70.8 Å². The minimum atomic E-state index is -4.38. The average Bonchev–Trinajstić information content (AvgIpc) is 2.80. The van der Waals surface area contributed by atoms with Crippen LogP contribution < -0.4 is 5.32 Å². The number of carbonyl (C=O) groups is 1. The second-order valence-corrected chi connectivity index (χ2v) is 8.38. The highest BCUT2D eigenvalue weighted by atomic mass is 32.2. The summed E-state index contributed by atoms with van der Waals surface area (Å²) in [6, 6.07) is 14.2. The van der Waals surface area contributed by atoms with Crippen molar-refractivity contribution in [2.45, 2.75) is 18.0 Å². The second-order valence-electron chi connectivity index (χ2n) is 7.39. The van der Waals surface area contributed by atoms with Crippen LogP contribution in [0, 0.1) is 11.3 Å². The fourth-order valence-corrected chi connectivity index (χ4v) is 4.26. The summed E-state index contributed by atoms with van der Waals surface area (Å²) in [6.07, 6.45) is -4.38. The van der Waals surface area contributed by atoms with Gasteiger partial charge in [-0.1, -0.05) is 24.3 Å². The minimum Gasteiger partial charge on any atom is -0.379 e. The Hall–Kier alpha value is -2.54. The van der Waals surface area contributed by atoms with E-state index in [1.54, 1.807) is 12.1 Å². The van der Waals surface area contributed by atoms with Crippen LogP contribution in [0.25, 0.3) is 0 Å². The quantitative estimate of drug-likeness (QED) is 0.641. The third-order valence-corrected chi connectivity index (χ3v) is 6.19. The van der Waals surface area contributed by atoms with E-state index in [9.17, 15) is 18.0 Å². The Labute approximate surface area is 189 Å². The standard InChI is InChI=1S/C23H24F3N3O2S/c24-23(25,26)20-7-5-19(6-8-20)21(29-9-11-31-12-10-29)14-28-22(30)16-32-15-18-3-1-17(13-27)2-4-18/h1-8,21H,9-12,14-16H2,(H,28,30). The van der Waals surface area contributed by atoms with Crippen molar-refractivity contribution in [3.63, 3.8) is 0 Å². The molecule has 0 radical (unpaired) electrons. The number of thioether (sulfide) groups is 1. The van der Waals surface area contributed by atoms with Crippen LogP contribution in [0.4, 0.5) is 13.2 Å². The molecule has 1 saturated heterocycles. The summed E-state index contributed by atoms with van der Waals surface area (Å²) < 4.78 is 44.1. The Kier molecular flexibility index (Phi) is 8.56. The molecule has 1 unspecified atom stereocenters. The van der Waals surface area contributed by atoms with Crippen molar-refractivity contribution >= 4 is 17.7 Å². The van der Waals surface area contributed by atoms with Crippen LogP contribution in [0.15, 0.2) is 48.5 Å². The molecule has 1 N–H and O–H groups in total. The zero-order chi connectivity index (χ0) is 23.0. The number of ether oxygens (including phenoxy) is 1. The number of carbonyl (C=O) groups excluding carboxylic acids is 1. The van der Waals surface area contributed by atoms with E-state index in [4.69, 9.17) is 10.00 Å². The average molecular weight is 464 g/mol. The van der Waals surface area contributed by atoms with Gasteiger partial charge in [0.2, 0.25) is 5.91 Å². The maximum Gasteiger partial charge on any atom is 0.416 e. The van der Waals surface area contributed by atoms with Crippen LogP contribution >= 0.6 is 11.8 Å². The smallest absolute Gasteiger partial charge is 0.379 e. The summed E-state index contributed by atoms with van der Waals surface area (Å²) in [5.41, 5.74) is 1.65. The van der Waals surface area contributed by atoms with Gasteiger partial charge in [-0.15, -0.1) is 11.8 Å². The number of nitriles is 1. The van der Waals surface area contributed by atoms with E-state index in [1.807, 2.05) is 12.1 Å². The molecular formula is C23H24F3N3O2S. The molecule has 170 valence electrons. The molecule has 32 heavy (non-hydrogen) atoms. The summed E-state index contributed by atoms with van der Waals surface area (Å²) in [4.78, 5) is 14.5. The van der Waals surface area contributed by atoms with Gasteiger partial charge >= 0.3 is 6.18 Å². The summed E-state index contributed by atoms with van der Waals surface area (Å²) in [5, 5.41) is 11.8. The van der Waals surface area contributed by atoms with E-state index in [-0.39, 0.29) is 17.7 Å². The van der Waals surface area contributed by atoms with Crippen molar-refractivity contribution in [1.82, 2.24) is 10.2 Å². The first-order valence-electron chi connectivity index (χ1n) is 10.2. The molecular weight excluding hydrogens is 439 g/mol. The van der Waals surface area contributed by atoms with Crippen molar-refractivity contribution in [3.8, 4) is 6.07 Å². The van der Waals surface area contributed by atoms with Gasteiger partial charge in [0.25, 0.3) is 0 Å². The maximum atomic E-state index is 12.9. The Morgan fingerprint density at radius 2 is 1.78 bits per heavy atom. The van der Waals surface area contributed by atoms with Gasteiger partial charge in [0.15, 0.2) is 0 Å². The third-order valence-electron chi connectivity index (χ3n) is 5.19. The number of hydrogen-bond acceptors (Lipinski definition) is 5. The number of amides is 1. The maximum absolute atomic E-state index is 12.9. The first-order chi connectivity index (χ1) is 15.4. The van der Waals surface area contributed by atoms with Crippen LogP contribution in [-0.2, 0) is 21.5 Å². The lowest BCUT2D eigenvalue weighted by atomic mass is 10.0. The van der Waals surface area contributed by atoms with Gasteiger partial charge in [0.1, 0.15) is 0 Å². The Morgan fingerprint density at radius 1 is 1.12 bits per heavy atom. The lowest BCUT2D eigenvalue weighted by Gasteiger charge is -2.35. The topological polar surface area (TPSA) is 65.4 Å². The lowest BCUT2D eigenvalue weighted by Crippen LogP contribution is -2.44. The SMILES string of the molecule is N#Cc1ccc(CSCC(=O)NCC(c2ccc(C(F)(F)F)cc2)N2CCOCC2)cc1. The normalized spacial score (nSPS) is 15.7. The molecule has 1 aliphatic rings. The monoisotopic (exact) mass is 463 g/mol. The molecule has 2 aromatic rings. The van der Waals surface area contributed by atoms with Gasteiger partial charge < -0.3 is 10.1 Å². The number of benzene rings is 2. The van der Waals surface area contributed by atoms with Gasteiger partial charge in [-0.05, 0) is 35.4 Å². The first-order valence-corrected chi connectivity index (χ1v) is 11.3. The fraction of sp³-hybridized carbons (Fsp3) is 0.391. The highest BCUT2D eigenvalue weighted by molar-refractivity contribution is 7.99. The molecule has 0 saturated carbocycles. The van der Waals surface area contributed by atoms with E-state index in [0.717, 1.165) is 23.3 Å². The predicted octanol–water partition coefficient (Wildman–Crippen LogP) is 4.00. The number of nitrogens with one attached hydrogen (secondary N) is 1. The molecule has 3 rings (SSSR count). The van der Waals surface area contributed by atoms with E-state index < -0.39 is 11.7 Å². The zero-order valence-corrected chi connectivity index (χ0v) is 18.2. The van der Waals surface area contributed by atoms with Crippen molar-refractivity contribution < 1.29 is 22.7 Å². The van der Waals surface area contributed by atoms with Gasteiger partial charge in [0.05, 0.1) is 42.2 Å². The van der Waals surface area contributed by atoms with Gasteiger partial charge in [-0.2, -0.15) is 18.4 Å². The van der Waals surface area contributed by atoms with E-state index in [1.165, 1.54) is 23.9 Å². The van der Waals surface area contributed by atoms with Gasteiger partial charge in [0, 0.05) is 25.4 Å². The highest BCUT2D eigenvalue weighted by Gasteiger charge is 2.31. The molecule has 2 aromatic carbocycles. The van der Waals surface area contributed by atoms with Crippen molar-refractivity contribution in [1.29, 1.82) is 5.26 Å². The summed E-state index contributed by atoms with van der Waals surface area (Å²) >= 11 is 1.46. The first kappa shape index (κ1) is 24.1. The molecule has 5 nitrogen and oxygen atoms in total. The summed E-state index contributed by atoms with van der Waals surface area (Å²) in [6.45, 7) is 2.70. The highest BCUT2D eigenvalue weighted by Crippen LogP contribution is 2.31. The van der Waals surface area contributed by atoms with E-state index >= 15 is 0 Å². The van der Waals surface area contributed by atoms with Crippen LogP contribution in [-0.4, -0.2) is 49.4 Å². The van der Waals surface area contributed by atoms with Crippen molar-refractivity contribution in [2.75, 3.05) is 38.6 Å². The van der Waals surface area contributed by atoms with Crippen LogP contribution in [0.5, 0.6) is 0 Å². The Bertz CT molecular complexity index is 921. The molecule has 1 heterocycles. The number of alkyl halides is 3. The molecule has 0 bridgehead atoms. The molecule has 1 fully saturated rings. The second kappa shape index (κ2) is 11.4. The van der Waals surface area contributed by atoms with Crippen LogP contribution in [0.1, 0.15) is 28.3 Å². The van der Waals surface area contributed by atoms with Crippen molar-refractivity contribution in [2.24, 2.45) is 0 Å². The Morgan fingerprint density at radius 3 is 2.38 bits per heavy atom.